The normalized spacial score (nSPS) is 37.5. The number of hydrogen-bond donors (Lipinski definition) is 2. The van der Waals surface area contributed by atoms with Crippen molar-refractivity contribution in [3.05, 3.63) is 0 Å². The molecule has 0 aromatic carbocycles. The van der Waals surface area contributed by atoms with E-state index in [-0.39, 0.29) is 0 Å². The first-order valence-corrected chi connectivity index (χ1v) is 7.81. The van der Waals surface area contributed by atoms with Gasteiger partial charge in [0.05, 0.1) is 0 Å². The Kier molecular flexibility index (Phi) is 5.46. The molecular weight excluding hydrogens is 224 g/mol. The van der Waals surface area contributed by atoms with Gasteiger partial charge in [-0.2, -0.15) is 0 Å². The van der Waals surface area contributed by atoms with E-state index in [0.717, 1.165) is 30.8 Å². The van der Waals surface area contributed by atoms with E-state index in [1.807, 2.05) is 0 Å². The van der Waals surface area contributed by atoms with Crippen molar-refractivity contribution in [2.45, 2.75) is 58.0 Å². The van der Waals surface area contributed by atoms with Crippen LogP contribution in [-0.2, 0) is 0 Å². The number of likely N-dealkylation sites (tertiary alicyclic amines) is 1. The predicted molar refractivity (Wildman–Crippen MR) is 75.7 cm³/mol. The van der Waals surface area contributed by atoms with Crippen molar-refractivity contribution in [3.63, 3.8) is 0 Å². The highest BCUT2D eigenvalue weighted by atomic mass is 16.2. The van der Waals surface area contributed by atoms with Crippen LogP contribution >= 0.6 is 0 Å². The van der Waals surface area contributed by atoms with Crippen LogP contribution in [0.2, 0.25) is 0 Å². The first kappa shape index (κ1) is 14.3. The van der Waals surface area contributed by atoms with Gasteiger partial charge in [0.25, 0.3) is 0 Å². The van der Waals surface area contributed by atoms with Crippen LogP contribution in [0, 0.1) is 11.8 Å². The highest BCUT2D eigenvalue weighted by Gasteiger charge is 2.35. The Morgan fingerprint density at radius 1 is 1.22 bits per heavy atom. The highest BCUT2D eigenvalue weighted by Crippen LogP contribution is 2.34. The summed E-state index contributed by atoms with van der Waals surface area (Å²) in [6, 6.07) is 1.52. The van der Waals surface area contributed by atoms with E-state index in [4.69, 9.17) is 5.11 Å². The molecule has 2 fully saturated rings. The molecule has 2 unspecified atom stereocenters. The molecule has 0 bridgehead atoms. The molecule has 2 rings (SSSR count). The van der Waals surface area contributed by atoms with E-state index >= 15 is 0 Å². The second kappa shape index (κ2) is 6.88. The van der Waals surface area contributed by atoms with Crippen molar-refractivity contribution < 1.29 is 5.11 Å². The summed E-state index contributed by atoms with van der Waals surface area (Å²) >= 11 is 0. The Morgan fingerprint density at radius 3 is 2.61 bits per heavy atom. The van der Waals surface area contributed by atoms with Crippen molar-refractivity contribution in [1.29, 1.82) is 0 Å². The Morgan fingerprint density at radius 2 is 2.00 bits per heavy atom. The Labute approximate surface area is 112 Å². The van der Waals surface area contributed by atoms with Gasteiger partial charge in [0.1, 0.15) is 0 Å². The first-order valence-electron chi connectivity index (χ1n) is 7.81. The van der Waals surface area contributed by atoms with Gasteiger partial charge in [-0.1, -0.05) is 13.8 Å². The smallest absolute Gasteiger partial charge is 0.0431 e. The summed E-state index contributed by atoms with van der Waals surface area (Å²) in [6.45, 7) is 8.49. The van der Waals surface area contributed by atoms with Gasteiger partial charge in [-0.05, 0) is 50.5 Å². The zero-order valence-electron chi connectivity index (χ0n) is 12.1. The molecule has 2 atom stereocenters. The molecule has 106 valence electrons. The van der Waals surface area contributed by atoms with Crippen LogP contribution in [0.3, 0.4) is 0 Å². The van der Waals surface area contributed by atoms with Crippen LogP contribution in [0.5, 0.6) is 0 Å². The second-order valence-electron chi connectivity index (χ2n) is 6.41. The van der Waals surface area contributed by atoms with Crippen molar-refractivity contribution in [3.8, 4) is 0 Å². The molecule has 0 radical (unpaired) electrons. The fourth-order valence-corrected chi connectivity index (χ4v) is 3.72. The summed E-state index contributed by atoms with van der Waals surface area (Å²) in [5, 5.41) is 12.6. The lowest BCUT2D eigenvalue weighted by molar-refractivity contribution is 0.0309. The predicted octanol–water partition coefficient (Wildman–Crippen LogP) is 1.86. The van der Waals surface area contributed by atoms with Gasteiger partial charge in [-0.3, -0.25) is 4.90 Å². The van der Waals surface area contributed by atoms with E-state index in [1.165, 1.54) is 38.8 Å². The molecule has 1 heterocycles. The molecule has 1 aliphatic heterocycles. The molecule has 1 saturated heterocycles. The van der Waals surface area contributed by atoms with Crippen LogP contribution in [0.25, 0.3) is 0 Å². The standard InChI is InChI=1S/C15H30N2O/c1-3-16-14-9-13(5-4-6-18)10-17(11-14)15-7-12(2)8-15/h12-16,18H,3-11H2,1-2H3. The van der Waals surface area contributed by atoms with Gasteiger partial charge >= 0.3 is 0 Å². The molecule has 0 aromatic heterocycles. The number of nitrogens with zero attached hydrogens (tertiary/aromatic N) is 1. The fraction of sp³-hybridized carbons (Fsp3) is 1.00. The summed E-state index contributed by atoms with van der Waals surface area (Å²) in [5.74, 6) is 1.72. The fourth-order valence-electron chi connectivity index (χ4n) is 3.72. The van der Waals surface area contributed by atoms with Gasteiger partial charge in [0.2, 0.25) is 0 Å². The number of nitrogens with one attached hydrogen (secondary N) is 1. The average molecular weight is 254 g/mol. The maximum atomic E-state index is 9.00. The van der Waals surface area contributed by atoms with E-state index in [1.54, 1.807) is 0 Å². The van der Waals surface area contributed by atoms with Crippen molar-refractivity contribution in [2.75, 3.05) is 26.2 Å². The van der Waals surface area contributed by atoms with Gasteiger partial charge < -0.3 is 10.4 Å². The lowest BCUT2D eigenvalue weighted by Crippen LogP contribution is -2.55. The lowest BCUT2D eigenvalue weighted by atomic mass is 9.78. The zero-order valence-corrected chi connectivity index (χ0v) is 12.1. The summed E-state index contributed by atoms with van der Waals surface area (Å²) in [4.78, 5) is 2.72. The van der Waals surface area contributed by atoms with Crippen LogP contribution in [0.1, 0.15) is 46.0 Å². The zero-order chi connectivity index (χ0) is 13.0. The van der Waals surface area contributed by atoms with E-state index in [9.17, 15) is 0 Å². The minimum atomic E-state index is 0.350. The Balaban J connectivity index is 1.84. The second-order valence-corrected chi connectivity index (χ2v) is 6.41. The van der Waals surface area contributed by atoms with Crippen molar-refractivity contribution in [2.24, 2.45) is 11.8 Å². The molecule has 0 spiro atoms. The molecule has 18 heavy (non-hydrogen) atoms. The maximum absolute atomic E-state index is 9.00. The van der Waals surface area contributed by atoms with Crippen LogP contribution in [0.4, 0.5) is 0 Å². The summed E-state index contributed by atoms with van der Waals surface area (Å²) in [6.07, 6.45) is 6.25. The molecule has 2 N–H and O–H groups in total. The van der Waals surface area contributed by atoms with E-state index < -0.39 is 0 Å². The number of aliphatic hydroxyl groups excluding tert-OH is 1. The van der Waals surface area contributed by atoms with Crippen LogP contribution in [0.15, 0.2) is 0 Å². The Hall–Kier alpha value is -0.120. The molecule has 0 amide bonds. The summed E-state index contributed by atoms with van der Waals surface area (Å²) < 4.78 is 0. The topological polar surface area (TPSA) is 35.5 Å². The maximum Gasteiger partial charge on any atom is 0.0431 e. The molecule has 0 aromatic rings. The quantitative estimate of drug-likeness (QED) is 0.759. The number of aliphatic hydroxyl groups is 1. The number of likely N-dealkylation sites (N-methyl/N-ethyl adjacent to an activating group) is 1. The van der Waals surface area contributed by atoms with Crippen LogP contribution < -0.4 is 5.32 Å². The first-order chi connectivity index (χ1) is 8.72. The third-order valence-corrected chi connectivity index (χ3v) is 4.69. The molecule has 1 aliphatic carbocycles. The minimum Gasteiger partial charge on any atom is -0.396 e. The molecule has 3 nitrogen and oxygen atoms in total. The third-order valence-electron chi connectivity index (χ3n) is 4.69. The van der Waals surface area contributed by atoms with Crippen molar-refractivity contribution >= 4 is 0 Å². The van der Waals surface area contributed by atoms with Gasteiger partial charge in [0.15, 0.2) is 0 Å². The number of piperidine rings is 1. The van der Waals surface area contributed by atoms with E-state index in [2.05, 4.69) is 24.1 Å². The van der Waals surface area contributed by atoms with E-state index in [0.29, 0.717) is 12.6 Å². The van der Waals surface area contributed by atoms with Crippen molar-refractivity contribution in [1.82, 2.24) is 10.2 Å². The van der Waals surface area contributed by atoms with Gasteiger partial charge in [-0.15, -0.1) is 0 Å². The minimum absolute atomic E-state index is 0.350. The lowest BCUT2D eigenvalue weighted by Gasteiger charge is -2.47. The average Bonchev–Trinajstić information content (AvgIpc) is 2.32. The van der Waals surface area contributed by atoms with Gasteiger partial charge in [-0.25, -0.2) is 0 Å². The summed E-state index contributed by atoms with van der Waals surface area (Å²) in [5.41, 5.74) is 0. The number of hydrogen-bond acceptors (Lipinski definition) is 3. The molecule has 1 saturated carbocycles. The summed E-state index contributed by atoms with van der Waals surface area (Å²) in [7, 11) is 0. The molecule has 2 aliphatic rings. The third kappa shape index (κ3) is 3.69. The largest absolute Gasteiger partial charge is 0.396 e. The number of rotatable bonds is 6. The van der Waals surface area contributed by atoms with Gasteiger partial charge in [0, 0.05) is 31.8 Å². The Bertz CT molecular complexity index is 241. The molecule has 3 heteroatoms. The molecular formula is C15H30N2O. The SMILES string of the molecule is CCNC1CC(CCCO)CN(C2CC(C)C2)C1. The van der Waals surface area contributed by atoms with Crippen LogP contribution in [-0.4, -0.2) is 48.3 Å². The highest BCUT2D eigenvalue weighted by molar-refractivity contribution is 4.91. The monoisotopic (exact) mass is 254 g/mol.